The number of halogens is 1. The number of carbonyl (C=O) groups is 2. The molecule has 0 bridgehead atoms. The number of likely N-dealkylation sites (N-methyl/N-ethyl adjacent to an activating group) is 1. The molecule has 1 unspecified atom stereocenters. The Balaban J connectivity index is 1.40. The Bertz CT molecular complexity index is 701. The van der Waals surface area contributed by atoms with Gasteiger partial charge in [0.05, 0.1) is 5.71 Å². The first-order valence-electron chi connectivity index (χ1n) is 8.75. The number of nitrogens with zero attached hydrogens (tertiary/aromatic N) is 3. The first-order chi connectivity index (χ1) is 12.5. The van der Waals surface area contributed by atoms with Gasteiger partial charge in [-0.15, -0.1) is 0 Å². The van der Waals surface area contributed by atoms with E-state index in [9.17, 15) is 14.0 Å². The van der Waals surface area contributed by atoms with Gasteiger partial charge in [-0.2, -0.15) is 0 Å². The lowest BCUT2D eigenvalue weighted by atomic mass is 10.0. The van der Waals surface area contributed by atoms with E-state index in [1.165, 1.54) is 12.1 Å². The molecule has 0 spiro atoms. The summed E-state index contributed by atoms with van der Waals surface area (Å²) < 4.78 is 13.3. The van der Waals surface area contributed by atoms with E-state index in [1.807, 2.05) is 11.9 Å². The molecule has 0 aliphatic carbocycles. The van der Waals surface area contributed by atoms with E-state index < -0.39 is 6.10 Å². The topological polar surface area (TPSA) is 74.2 Å². The SMILES string of the molecule is CN1CCN(C(=O)CCNC(=O)C2CC(c3cccc(F)c3)=NO2)CC1. The Morgan fingerprint density at radius 3 is 2.81 bits per heavy atom. The normalized spacial score (nSPS) is 20.5. The van der Waals surface area contributed by atoms with Crippen molar-refractivity contribution in [3.63, 3.8) is 0 Å². The fraction of sp³-hybridized carbons (Fsp3) is 0.500. The van der Waals surface area contributed by atoms with E-state index in [-0.39, 0.29) is 37.0 Å². The monoisotopic (exact) mass is 362 g/mol. The maximum absolute atomic E-state index is 13.3. The fourth-order valence-electron chi connectivity index (χ4n) is 2.98. The second kappa shape index (κ2) is 8.27. The van der Waals surface area contributed by atoms with E-state index in [4.69, 9.17) is 4.84 Å². The summed E-state index contributed by atoms with van der Waals surface area (Å²) in [5.41, 5.74) is 1.14. The van der Waals surface area contributed by atoms with Crippen LogP contribution in [0.2, 0.25) is 0 Å². The second-order valence-electron chi connectivity index (χ2n) is 6.57. The molecule has 7 nitrogen and oxygen atoms in total. The minimum absolute atomic E-state index is 0.0439. The third kappa shape index (κ3) is 4.57. The highest BCUT2D eigenvalue weighted by Crippen LogP contribution is 2.17. The highest BCUT2D eigenvalue weighted by molar-refractivity contribution is 6.04. The third-order valence-electron chi connectivity index (χ3n) is 4.61. The Morgan fingerprint density at radius 2 is 2.08 bits per heavy atom. The molecule has 0 saturated carbocycles. The van der Waals surface area contributed by atoms with E-state index in [1.54, 1.807) is 12.1 Å². The van der Waals surface area contributed by atoms with Gasteiger partial charge in [-0.05, 0) is 19.2 Å². The third-order valence-corrected chi connectivity index (χ3v) is 4.61. The van der Waals surface area contributed by atoms with Gasteiger partial charge in [-0.3, -0.25) is 9.59 Å². The predicted molar refractivity (Wildman–Crippen MR) is 94.1 cm³/mol. The summed E-state index contributed by atoms with van der Waals surface area (Å²) in [5.74, 6) is -0.630. The van der Waals surface area contributed by atoms with Crippen LogP contribution in [-0.2, 0) is 14.4 Å². The number of oxime groups is 1. The van der Waals surface area contributed by atoms with Crippen LogP contribution in [0.4, 0.5) is 4.39 Å². The van der Waals surface area contributed by atoms with Crippen molar-refractivity contribution in [3.05, 3.63) is 35.6 Å². The smallest absolute Gasteiger partial charge is 0.264 e. The largest absolute Gasteiger partial charge is 0.382 e. The van der Waals surface area contributed by atoms with Crippen LogP contribution in [0.25, 0.3) is 0 Å². The second-order valence-corrected chi connectivity index (χ2v) is 6.57. The van der Waals surface area contributed by atoms with Gasteiger partial charge in [0.15, 0.2) is 0 Å². The minimum atomic E-state index is -0.744. The number of hydrogen-bond acceptors (Lipinski definition) is 5. The lowest BCUT2D eigenvalue weighted by Gasteiger charge is -2.32. The van der Waals surface area contributed by atoms with Crippen LogP contribution in [0.1, 0.15) is 18.4 Å². The zero-order chi connectivity index (χ0) is 18.5. The average molecular weight is 362 g/mol. The highest BCUT2D eigenvalue weighted by atomic mass is 19.1. The first kappa shape index (κ1) is 18.3. The molecule has 2 aliphatic rings. The maximum Gasteiger partial charge on any atom is 0.264 e. The Hall–Kier alpha value is -2.48. The molecule has 3 rings (SSSR count). The summed E-state index contributed by atoms with van der Waals surface area (Å²) in [6, 6.07) is 6.02. The molecule has 1 fully saturated rings. The molecule has 2 amide bonds. The van der Waals surface area contributed by atoms with Crippen LogP contribution in [0.3, 0.4) is 0 Å². The van der Waals surface area contributed by atoms with Crippen molar-refractivity contribution in [1.29, 1.82) is 0 Å². The molecule has 0 aromatic heterocycles. The summed E-state index contributed by atoms with van der Waals surface area (Å²) in [6.07, 6.45) is -0.200. The van der Waals surface area contributed by atoms with Crippen LogP contribution in [0, 0.1) is 5.82 Å². The van der Waals surface area contributed by atoms with Crippen LogP contribution >= 0.6 is 0 Å². The molecule has 1 saturated heterocycles. The number of amides is 2. The first-order valence-corrected chi connectivity index (χ1v) is 8.75. The van der Waals surface area contributed by atoms with E-state index >= 15 is 0 Å². The summed E-state index contributed by atoms with van der Waals surface area (Å²) >= 11 is 0. The van der Waals surface area contributed by atoms with E-state index in [0.29, 0.717) is 11.3 Å². The number of piperazine rings is 1. The number of benzene rings is 1. The van der Waals surface area contributed by atoms with Gasteiger partial charge in [0, 0.05) is 51.1 Å². The maximum atomic E-state index is 13.3. The molecule has 140 valence electrons. The Kier molecular flexibility index (Phi) is 5.82. The van der Waals surface area contributed by atoms with Crippen molar-refractivity contribution in [3.8, 4) is 0 Å². The van der Waals surface area contributed by atoms with Gasteiger partial charge in [-0.25, -0.2) is 4.39 Å². The summed E-state index contributed by atoms with van der Waals surface area (Å²) in [4.78, 5) is 33.5. The van der Waals surface area contributed by atoms with Crippen molar-refractivity contribution < 1.29 is 18.8 Å². The molecule has 2 heterocycles. The summed E-state index contributed by atoms with van der Waals surface area (Å²) in [7, 11) is 2.03. The predicted octanol–water partition coefficient (Wildman–Crippen LogP) is 0.599. The van der Waals surface area contributed by atoms with Crippen molar-refractivity contribution in [1.82, 2.24) is 15.1 Å². The van der Waals surface area contributed by atoms with Crippen LogP contribution in [0.15, 0.2) is 29.4 Å². The van der Waals surface area contributed by atoms with Gasteiger partial charge >= 0.3 is 0 Å². The number of hydrogen-bond donors (Lipinski definition) is 1. The number of carbonyl (C=O) groups excluding carboxylic acids is 2. The van der Waals surface area contributed by atoms with Gasteiger partial charge < -0.3 is 20.0 Å². The summed E-state index contributed by atoms with van der Waals surface area (Å²) in [5, 5.41) is 6.60. The summed E-state index contributed by atoms with van der Waals surface area (Å²) in [6.45, 7) is 3.45. The van der Waals surface area contributed by atoms with Crippen LogP contribution < -0.4 is 5.32 Å². The quantitative estimate of drug-likeness (QED) is 0.832. The molecule has 8 heteroatoms. The molecular weight excluding hydrogens is 339 g/mol. The standard InChI is InChI=1S/C18H23FN4O3/c1-22-7-9-23(10-8-22)17(24)5-6-20-18(25)16-12-15(21-26-16)13-3-2-4-14(19)11-13/h2-4,11,16H,5-10,12H2,1H3,(H,20,25). The van der Waals surface area contributed by atoms with Gasteiger partial charge in [-0.1, -0.05) is 17.3 Å². The van der Waals surface area contributed by atoms with Gasteiger partial charge in [0.1, 0.15) is 5.82 Å². The van der Waals surface area contributed by atoms with Crippen molar-refractivity contribution >= 4 is 17.5 Å². The molecule has 1 aromatic rings. The van der Waals surface area contributed by atoms with E-state index in [0.717, 1.165) is 26.2 Å². The van der Waals surface area contributed by atoms with Crippen LogP contribution in [-0.4, -0.2) is 73.2 Å². The van der Waals surface area contributed by atoms with Crippen molar-refractivity contribution in [2.24, 2.45) is 5.16 Å². The minimum Gasteiger partial charge on any atom is -0.382 e. The molecule has 26 heavy (non-hydrogen) atoms. The number of rotatable bonds is 5. The number of nitrogens with one attached hydrogen (secondary N) is 1. The fourth-order valence-corrected chi connectivity index (χ4v) is 2.98. The lowest BCUT2D eigenvalue weighted by molar-refractivity contribution is -0.133. The van der Waals surface area contributed by atoms with E-state index in [2.05, 4.69) is 15.4 Å². The Labute approximate surface area is 151 Å². The molecule has 1 atom stereocenters. The Morgan fingerprint density at radius 1 is 1.31 bits per heavy atom. The van der Waals surface area contributed by atoms with Crippen molar-refractivity contribution in [2.45, 2.75) is 18.9 Å². The van der Waals surface area contributed by atoms with Crippen molar-refractivity contribution in [2.75, 3.05) is 39.8 Å². The molecular formula is C18H23FN4O3. The molecule has 0 radical (unpaired) electrons. The van der Waals surface area contributed by atoms with Gasteiger partial charge in [0.25, 0.3) is 5.91 Å². The molecule has 2 aliphatic heterocycles. The average Bonchev–Trinajstić information content (AvgIpc) is 3.12. The highest BCUT2D eigenvalue weighted by Gasteiger charge is 2.29. The molecule has 1 aromatic carbocycles. The zero-order valence-corrected chi connectivity index (χ0v) is 14.8. The molecule has 1 N–H and O–H groups in total. The lowest BCUT2D eigenvalue weighted by Crippen LogP contribution is -2.48. The zero-order valence-electron chi connectivity index (χ0n) is 14.8. The van der Waals surface area contributed by atoms with Gasteiger partial charge in [0.2, 0.25) is 12.0 Å². The van der Waals surface area contributed by atoms with Crippen LogP contribution in [0.5, 0.6) is 0 Å².